The van der Waals surface area contributed by atoms with Gasteiger partial charge in [-0.05, 0) is 53.1 Å². The van der Waals surface area contributed by atoms with Crippen molar-refractivity contribution in [3.8, 4) is 0 Å². The van der Waals surface area contributed by atoms with Crippen molar-refractivity contribution in [2.24, 2.45) is 0 Å². The summed E-state index contributed by atoms with van der Waals surface area (Å²) >= 11 is 0. The second-order valence-electron chi connectivity index (χ2n) is 4.46. The van der Waals surface area contributed by atoms with Crippen LogP contribution in [0.15, 0.2) is 0 Å². The number of hydrogen-bond acceptors (Lipinski definition) is 3. The van der Waals surface area contributed by atoms with Crippen molar-refractivity contribution >= 4 is 0 Å². The molecule has 16 heavy (non-hydrogen) atoms. The van der Waals surface area contributed by atoms with Gasteiger partial charge in [-0.2, -0.15) is 0 Å². The van der Waals surface area contributed by atoms with Gasteiger partial charge in [-0.1, -0.05) is 20.8 Å². The lowest BCUT2D eigenvalue weighted by Gasteiger charge is -2.25. The number of nitrogens with one attached hydrogen (secondary N) is 1. The Balaban J connectivity index is 3.69. The van der Waals surface area contributed by atoms with Crippen LogP contribution >= 0.6 is 0 Å². The molecule has 0 spiro atoms. The Morgan fingerprint density at radius 2 is 1.44 bits per heavy atom. The van der Waals surface area contributed by atoms with E-state index in [4.69, 9.17) is 0 Å². The SMILES string of the molecule is CCN(CC)CCCN(CC)CC(C)NC. The quantitative estimate of drug-likeness (QED) is 0.614. The third-order valence-corrected chi connectivity index (χ3v) is 3.32. The highest BCUT2D eigenvalue weighted by Gasteiger charge is 2.07. The molecule has 98 valence electrons. The molecule has 0 radical (unpaired) electrons. The van der Waals surface area contributed by atoms with E-state index >= 15 is 0 Å². The second kappa shape index (κ2) is 10.1. The standard InChI is InChI=1S/C13H31N3/c1-6-15(7-2)10-9-11-16(8-3)12-13(4)14-5/h13-14H,6-12H2,1-5H3. The van der Waals surface area contributed by atoms with Gasteiger partial charge in [0.1, 0.15) is 0 Å². The van der Waals surface area contributed by atoms with Gasteiger partial charge in [0.05, 0.1) is 0 Å². The van der Waals surface area contributed by atoms with Crippen molar-refractivity contribution in [2.45, 2.75) is 40.2 Å². The van der Waals surface area contributed by atoms with E-state index in [-0.39, 0.29) is 0 Å². The molecule has 0 fully saturated rings. The van der Waals surface area contributed by atoms with Crippen LogP contribution in [0.2, 0.25) is 0 Å². The molecule has 1 atom stereocenters. The molecule has 0 aromatic heterocycles. The summed E-state index contributed by atoms with van der Waals surface area (Å²) < 4.78 is 0. The molecule has 0 aliphatic carbocycles. The summed E-state index contributed by atoms with van der Waals surface area (Å²) in [6.07, 6.45) is 1.28. The van der Waals surface area contributed by atoms with Gasteiger partial charge in [-0.25, -0.2) is 0 Å². The highest BCUT2D eigenvalue weighted by Crippen LogP contribution is 1.97. The average molecular weight is 229 g/mol. The van der Waals surface area contributed by atoms with Gasteiger partial charge >= 0.3 is 0 Å². The van der Waals surface area contributed by atoms with Crippen LogP contribution in [-0.4, -0.2) is 62.2 Å². The molecular formula is C13H31N3. The van der Waals surface area contributed by atoms with Crippen LogP contribution in [-0.2, 0) is 0 Å². The molecule has 0 amide bonds. The molecule has 3 nitrogen and oxygen atoms in total. The highest BCUT2D eigenvalue weighted by molar-refractivity contribution is 4.66. The van der Waals surface area contributed by atoms with Crippen LogP contribution in [0.5, 0.6) is 0 Å². The molecule has 0 rings (SSSR count). The molecule has 1 unspecified atom stereocenters. The third kappa shape index (κ3) is 7.20. The largest absolute Gasteiger partial charge is 0.316 e. The minimum Gasteiger partial charge on any atom is -0.316 e. The predicted molar refractivity (Wildman–Crippen MR) is 73.0 cm³/mol. The van der Waals surface area contributed by atoms with Crippen LogP contribution < -0.4 is 5.32 Å². The molecule has 3 heteroatoms. The lowest BCUT2D eigenvalue weighted by Crippen LogP contribution is -2.38. The van der Waals surface area contributed by atoms with Crippen molar-refractivity contribution in [3.63, 3.8) is 0 Å². The summed E-state index contributed by atoms with van der Waals surface area (Å²) in [6, 6.07) is 0.591. The average Bonchev–Trinajstić information content (AvgIpc) is 2.32. The van der Waals surface area contributed by atoms with Crippen molar-refractivity contribution in [3.05, 3.63) is 0 Å². The molecular weight excluding hydrogens is 198 g/mol. The lowest BCUT2D eigenvalue weighted by molar-refractivity contribution is 0.231. The summed E-state index contributed by atoms with van der Waals surface area (Å²) in [7, 11) is 2.04. The van der Waals surface area contributed by atoms with E-state index < -0.39 is 0 Å². The van der Waals surface area contributed by atoms with Crippen molar-refractivity contribution in [1.29, 1.82) is 0 Å². The van der Waals surface area contributed by atoms with Crippen LogP contribution in [0, 0.1) is 0 Å². The molecule has 0 bridgehead atoms. The van der Waals surface area contributed by atoms with Crippen LogP contribution in [0.25, 0.3) is 0 Å². The molecule has 0 saturated carbocycles. The topological polar surface area (TPSA) is 18.5 Å². The van der Waals surface area contributed by atoms with E-state index in [1.165, 1.54) is 32.6 Å². The Morgan fingerprint density at radius 1 is 0.938 bits per heavy atom. The van der Waals surface area contributed by atoms with E-state index in [2.05, 4.69) is 42.8 Å². The van der Waals surface area contributed by atoms with E-state index in [0.29, 0.717) is 6.04 Å². The zero-order chi connectivity index (χ0) is 12.4. The van der Waals surface area contributed by atoms with Crippen LogP contribution in [0.1, 0.15) is 34.1 Å². The Bertz CT molecular complexity index is 146. The first-order valence-electron chi connectivity index (χ1n) is 6.79. The van der Waals surface area contributed by atoms with E-state index in [1.807, 2.05) is 7.05 Å². The lowest BCUT2D eigenvalue weighted by atomic mass is 10.2. The maximum Gasteiger partial charge on any atom is 0.0163 e. The van der Waals surface area contributed by atoms with E-state index in [1.54, 1.807) is 0 Å². The third-order valence-electron chi connectivity index (χ3n) is 3.32. The second-order valence-corrected chi connectivity index (χ2v) is 4.46. The fourth-order valence-corrected chi connectivity index (χ4v) is 1.91. The fourth-order valence-electron chi connectivity index (χ4n) is 1.91. The Morgan fingerprint density at radius 3 is 1.88 bits per heavy atom. The van der Waals surface area contributed by atoms with Crippen molar-refractivity contribution in [1.82, 2.24) is 15.1 Å². The van der Waals surface area contributed by atoms with Gasteiger partial charge in [0.15, 0.2) is 0 Å². The molecule has 0 aliphatic heterocycles. The molecule has 0 aromatic rings. The maximum absolute atomic E-state index is 3.30. The molecule has 0 aromatic carbocycles. The summed E-state index contributed by atoms with van der Waals surface area (Å²) in [5.41, 5.74) is 0. The number of likely N-dealkylation sites (N-methyl/N-ethyl adjacent to an activating group) is 2. The zero-order valence-electron chi connectivity index (χ0n) is 11.9. The first kappa shape index (κ1) is 15.9. The number of rotatable bonds is 10. The number of nitrogens with zero attached hydrogens (tertiary/aromatic N) is 2. The van der Waals surface area contributed by atoms with Crippen molar-refractivity contribution < 1.29 is 0 Å². The summed E-state index contributed by atoms with van der Waals surface area (Å²) in [6.45, 7) is 16.1. The number of hydrogen-bond donors (Lipinski definition) is 1. The van der Waals surface area contributed by atoms with Gasteiger partial charge < -0.3 is 15.1 Å². The summed E-state index contributed by atoms with van der Waals surface area (Å²) in [5.74, 6) is 0. The maximum atomic E-state index is 3.30. The van der Waals surface area contributed by atoms with E-state index in [9.17, 15) is 0 Å². The Hall–Kier alpha value is -0.120. The summed E-state index contributed by atoms with van der Waals surface area (Å²) in [5, 5.41) is 3.30. The molecule has 0 saturated heterocycles. The first-order chi connectivity index (χ1) is 7.67. The van der Waals surface area contributed by atoms with Gasteiger partial charge in [-0.3, -0.25) is 0 Å². The minimum absolute atomic E-state index is 0.591. The summed E-state index contributed by atoms with van der Waals surface area (Å²) in [4.78, 5) is 5.03. The first-order valence-corrected chi connectivity index (χ1v) is 6.79. The molecule has 0 heterocycles. The highest BCUT2D eigenvalue weighted by atomic mass is 15.2. The van der Waals surface area contributed by atoms with Gasteiger partial charge in [-0.15, -0.1) is 0 Å². The van der Waals surface area contributed by atoms with Gasteiger partial charge in [0.2, 0.25) is 0 Å². The molecule has 0 aliphatic rings. The normalized spacial score (nSPS) is 13.7. The Kier molecular flexibility index (Phi) is 9.99. The van der Waals surface area contributed by atoms with Crippen molar-refractivity contribution in [2.75, 3.05) is 46.3 Å². The van der Waals surface area contributed by atoms with Gasteiger partial charge in [0, 0.05) is 12.6 Å². The zero-order valence-corrected chi connectivity index (χ0v) is 11.9. The predicted octanol–water partition coefficient (Wildman–Crippen LogP) is 1.65. The van der Waals surface area contributed by atoms with E-state index in [0.717, 1.165) is 13.1 Å². The monoisotopic (exact) mass is 229 g/mol. The van der Waals surface area contributed by atoms with Gasteiger partial charge in [0.25, 0.3) is 0 Å². The van der Waals surface area contributed by atoms with Crippen LogP contribution in [0.4, 0.5) is 0 Å². The fraction of sp³-hybridized carbons (Fsp3) is 1.00. The smallest absolute Gasteiger partial charge is 0.0163 e. The van der Waals surface area contributed by atoms with Crippen LogP contribution in [0.3, 0.4) is 0 Å². The Labute approximate surface area is 102 Å². The molecule has 1 N–H and O–H groups in total. The minimum atomic E-state index is 0.591.